The Bertz CT molecular complexity index is 1400. The molecule has 1 N–H and O–H groups in total. The van der Waals surface area contributed by atoms with Gasteiger partial charge in [-0.25, -0.2) is 4.98 Å². The van der Waals surface area contributed by atoms with E-state index in [1.54, 1.807) is 0 Å². The molecule has 5 heteroatoms. The molecule has 0 saturated heterocycles. The number of rotatable bonds is 4. The zero-order chi connectivity index (χ0) is 25.9. The number of allylic oxidation sites excluding steroid dienone is 2. The molecule has 0 bridgehead atoms. The molecule has 0 saturated carbocycles. The van der Waals surface area contributed by atoms with Crippen LogP contribution < -0.4 is 0 Å². The number of aryl methyl sites for hydroxylation is 2. The minimum atomic E-state index is -0.125. The van der Waals surface area contributed by atoms with Crippen molar-refractivity contribution in [2.45, 2.75) is 67.2 Å². The van der Waals surface area contributed by atoms with Crippen LogP contribution in [0.5, 0.6) is 0 Å². The van der Waals surface area contributed by atoms with Gasteiger partial charge in [-0.1, -0.05) is 71.9 Å². The van der Waals surface area contributed by atoms with Crippen molar-refractivity contribution in [2.75, 3.05) is 0 Å². The van der Waals surface area contributed by atoms with E-state index in [-0.39, 0.29) is 37.6 Å². The smallest absolute Gasteiger partial charge is 0.155 e. The van der Waals surface area contributed by atoms with Gasteiger partial charge in [-0.15, -0.1) is 34.9 Å². The van der Waals surface area contributed by atoms with Gasteiger partial charge in [0.15, 0.2) is 5.78 Å². The zero-order valence-electron chi connectivity index (χ0n) is 22.4. The maximum atomic E-state index is 10.0. The first-order chi connectivity index (χ1) is 16.5. The average molecular weight is 660 g/mol. The monoisotopic (exact) mass is 660 g/mol. The Morgan fingerprint density at radius 3 is 2.19 bits per heavy atom. The fourth-order valence-corrected chi connectivity index (χ4v) is 4.27. The number of fused-ring (bicyclic) bond motifs is 3. The standard InChI is InChI=1S/C26H27N2.C5H8O2.Ir/c1-15(2)21-9-7-8-19-10-11-22-24(20-13-17(5)12-18(6)14-20)27-26(16(3)4)28-25(22)23(19)21;1-4(6)3-5(2)7;/h7-13,15-16H,1-6H3;3,6H,1-2H3;/q-1;;/b;4-3-;. The summed E-state index contributed by atoms with van der Waals surface area (Å²) in [6.45, 7) is 15.9. The van der Waals surface area contributed by atoms with Crippen LogP contribution in [0.4, 0.5) is 0 Å². The van der Waals surface area contributed by atoms with Gasteiger partial charge in [-0.2, -0.15) is 0 Å². The molecule has 0 aliphatic rings. The molecule has 4 aromatic rings. The Morgan fingerprint density at radius 2 is 1.67 bits per heavy atom. The van der Waals surface area contributed by atoms with E-state index in [1.165, 1.54) is 41.8 Å². The molecule has 4 nitrogen and oxygen atoms in total. The molecule has 0 fully saturated rings. The molecule has 4 rings (SSSR count). The van der Waals surface area contributed by atoms with Crippen molar-refractivity contribution in [3.8, 4) is 11.3 Å². The van der Waals surface area contributed by atoms with E-state index in [9.17, 15) is 4.79 Å². The summed E-state index contributed by atoms with van der Waals surface area (Å²) in [5.41, 5.74) is 6.80. The summed E-state index contributed by atoms with van der Waals surface area (Å²) in [7, 11) is 0. The first kappa shape index (κ1) is 29.4. The van der Waals surface area contributed by atoms with Crippen molar-refractivity contribution in [3.63, 3.8) is 0 Å². The molecule has 3 aromatic carbocycles. The van der Waals surface area contributed by atoms with Gasteiger partial charge in [0.1, 0.15) is 5.82 Å². The summed E-state index contributed by atoms with van der Waals surface area (Å²) in [5.74, 6) is 1.52. The van der Waals surface area contributed by atoms with Gasteiger partial charge in [0.25, 0.3) is 0 Å². The molecule has 0 unspecified atom stereocenters. The number of benzene rings is 3. The summed E-state index contributed by atoms with van der Waals surface area (Å²) in [5, 5.41) is 12.0. The van der Waals surface area contributed by atoms with Crippen molar-refractivity contribution in [1.82, 2.24) is 9.97 Å². The van der Waals surface area contributed by atoms with Crippen LogP contribution in [0.15, 0.2) is 54.3 Å². The molecule has 1 aromatic heterocycles. The van der Waals surface area contributed by atoms with E-state index in [4.69, 9.17) is 15.1 Å². The Labute approximate surface area is 228 Å². The van der Waals surface area contributed by atoms with Crippen LogP contribution in [0, 0.1) is 19.9 Å². The molecule has 191 valence electrons. The van der Waals surface area contributed by atoms with Crippen LogP contribution in [-0.2, 0) is 24.9 Å². The zero-order valence-corrected chi connectivity index (χ0v) is 24.8. The Morgan fingerprint density at radius 1 is 0.972 bits per heavy atom. The average Bonchev–Trinajstić information content (AvgIpc) is 2.76. The SMILES string of the molecule is CC(=O)/C=C(/C)O.Cc1[c-]c(-c2nc(C(C)C)nc3c2ccc2cccc(C(C)C)c23)cc(C)c1.[Ir]. The third kappa shape index (κ3) is 6.87. The molecule has 36 heavy (non-hydrogen) atoms. The third-order valence-corrected chi connectivity index (χ3v) is 5.71. The quantitative estimate of drug-likeness (QED) is 0.104. The van der Waals surface area contributed by atoms with Gasteiger partial charge in [0.2, 0.25) is 0 Å². The van der Waals surface area contributed by atoms with Gasteiger partial charge in [0.05, 0.1) is 11.3 Å². The Hall–Kier alpha value is -2.88. The number of aliphatic hydroxyl groups is 1. The number of aliphatic hydroxyl groups excluding tert-OH is 1. The number of hydrogen-bond donors (Lipinski definition) is 1. The second-order valence-electron chi connectivity index (χ2n) is 9.80. The van der Waals surface area contributed by atoms with E-state index in [0.29, 0.717) is 5.92 Å². The van der Waals surface area contributed by atoms with Crippen molar-refractivity contribution in [3.05, 3.63) is 82.9 Å². The summed E-state index contributed by atoms with van der Waals surface area (Å²) >= 11 is 0. The van der Waals surface area contributed by atoms with Crippen LogP contribution in [-0.4, -0.2) is 20.9 Å². The summed E-state index contributed by atoms with van der Waals surface area (Å²) < 4.78 is 0. The first-order valence-electron chi connectivity index (χ1n) is 12.1. The van der Waals surface area contributed by atoms with E-state index < -0.39 is 0 Å². The van der Waals surface area contributed by atoms with Crippen molar-refractivity contribution in [1.29, 1.82) is 0 Å². The molecule has 1 radical (unpaired) electrons. The third-order valence-electron chi connectivity index (χ3n) is 5.71. The largest absolute Gasteiger partial charge is 0.512 e. The van der Waals surface area contributed by atoms with Gasteiger partial charge < -0.3 is 5.11 Å². The van der Waals surface area contributed by atoms with Crippen LogP contribution in [0.2, 0.25) is 0 Å². The van der Waals surface area contributed by atoms with Gasteiger partial charge in [0, 0.05) is 37.5 Å². The second kappa shape index (κ2) is 12.4. The van der Waals surface area contributed by atoms with Crippen LogP contribution in [0.25, 0.3) is 32.9 Å². The van der Waals surface area contributed by atoms with Crippen molar-refractivity contribution in [2.24, 2.45) is 0 Å². The predicted molar refractivity (Wildman–Crippen MR) is 146 cm³/mol. The molecule has 0 aliphatic heterocycles. The summed E-state index contributed by atoms with van der Waals surface area (Å²) in [6, 6.07) is 18.8. The maximum Gasteiger partial charge on any atom is 0.155 e. The molecule has 1 heterocycles. The number of carbonyl (C=O) groups is 1. The summed E-state index contributed by atoms with van der Waals surface area (Å²) in [4.78, 5) is 20.1. The van der Waals surface area contributed by atoms with Gasteiger partial charge >= 0.3 is 0 Å². The van der Waals surface area contributed by atoms with Crippen molar-refractivity contribution < 1.29 is 30.0 Å². The molecule has 0 amide bonds. The number of ketones is 1. The predicted octanol–water partition coefficient (Wildman–Crippen LogP) is 8.15. The Balaban J connectivity index is 0.000000503. The fourth-order valence-electron chi connectivity index (χ4n) is 4.27. The first-order valence-corrected chi connectivity index (χ1v) is 12.1. The fraction of sp³-hybridized carbons (Fsp3) is 0.323. The summed E-state index contributed by atoms with van der Waals surface area (Å²) in [6.07, 6.45) is 1.17. The normalized spacial score (nSPS) is 11.4. The maximum absolute atomic E-state index is 10.0. The number of nitrogens with zero attached hydrogens (tertiary/aromatic N) is 2. The number of hydrogen-bond acceptors (Lipinski definition) is 4. The molecule has 0 atom stereocenters. The van der Waals surface area contributed by atoms with Crippen LogP contribution >= 0.6 is 0 Å². The van der Waals surface area contributed by atoms with Crippen LogP contribution in [0.3, 0.4) is 0 Å². The minimum Gasteiger partial charge on any atom is -0.512 e. The minimum absolute atomic E-state index is 0. The van der Waals surface area contributed by atoms with Gasteiger partial charge in [-0.3, -0.25) is 9.78 Å². The van der Waals surface area contributed by atoms with E-state index >= 15 is 0 Å². The van der Waals surface area contributed by atoms with E-state index in [2.05, 4.69) is 90.1 Å². The van der Waals surface area contributed by atoms with E-state index in [1.807, 2.05) is 0 Å². The molecule has 0 spiro atoms. The van der Waals surface area contributed by atoms with E-state index in [0.717, 1.165) is 33.5 Å². The Kier molecular flexibility index (Phi) is 10.1. The number of aromatic nitrogens is 2. The van der Waals surface area contributed by atoms with Crippen LogP contribution in [0.1, 0.15) is 75.9 Å². The number of carbonyl (C=O) groups excluding carboxylic acids is 1. The van der Waals surface area contributed by atoms with Crippen molar-refractivity contribution >= 4 is 27.5 Å². The second-order valence-corrected chi connectivity index (χ2v) is 9.80. The topological polar surface area (TPSA) is 63.1 Å². The molecule has 0 aliphatic carbocycles. The molecular formula is C31H35IrN2O2-. The molecular weight excluding hydrogens is 625 g/mol. The van der Waals surface area contributed by atoms with Gasteiger partial charge in [-0.05, 0) is 41.8 Å².